The second-order valence-electron chi connectivity index (χ2n) is 8.81. The molecule has 17 nitrogen and oxygen atoms in total. The summed E-state index contributed by atoms with van der Waals surface area (Å²) < 4.78 is 96.8. The van der Waals surface area contributed by atoms with Gasteiger partial charge in [-0.15, -0.1) is 0 Å². The van der Waals surface area contributed by atoms with Crippen molar-refractivity contribution < 1.29 is 73.4 Å². The molecule has 0 aliphatic carbocycles. The Morgan fingerprint density at radius 1 is 1.00 bits per heavy atom. The molecule has 1 rings (SSSR count). The number of alkyl halides is 3. The normalized spacial score (nSPS) is 22.8. The number of unbranched alkanes of at least 4 members (excludes halogenated alkanes) is 1. The van der Waals surface area contributed by atoms with E-state index in [0.29, 0.717) is 12.8 Å². The smallest absolute Gasteiger partial charge is 0.456 e. The highest BCUT2D eigenvalue weighted by Gasteiger charge is 2.54. The molecule has 21 heteroatoms. The molecular weight excluding hydrogens is 617 g/mol. The highest BCUT2D eigenvalue weighted by atomic mass is 32.2. The van der Waals surface area contributed by atoms with Gasteiger partial charge in [0.1, 0.15) is 6.10 Å². The Morgan fingerprint density at radius 2 is 1.58 bits per heavy atom. The van der Waals surface area contributed by atoms with E-state index in [0.717, 1.165) is 27.2 Å². The maximum Gasteiger partial charge on any atom is 0.523 e. The van der Waals surface area contributed by atoms with Crippen LogP contribution in [0.2, 0.25) is 0 Å². The van der Waals surface area contributed by atoms with Crippen LogP contribution < -0.4 is 5.32 Å². The van der Waals surface area contributed by atoms with Gasteiger partial charge in [-0.05, 0) is 29.9 Å². The number of rotatable bonds is 16. The summed E-state index contributed by atoms with van der Waals surface area (Å²) in [6.45, 7) is 2.96. The maximum atomic E-state index is 12.8. The predicted molar refractivity (Wildman–Crippen MR) is 134 cm³/mol. The van der Waals surface area contributed by atoms with E-state index >= 15 is 0 Å². The lowest BCUT2D eigenvalue weighted by atomic mass is 9.98. The highest BCUT2D eigenvalue weighted by Crippen LogP contribution is 2.31. The molecule has 0 saturated carbocycles. The lowest BCUT2D eigenvalue weighted by molar-refractivity contribution is -0.306. The van der Waals surface area contributed by atoms with Crippen LogP contribution in [0.15, 0.2) is 5.11 Å². The number of azide groups is 1. The molecule has 0 radical (unpaired) electrons. The molecule has 1 fully saturated rings. The molecule has 43 heavy (non-hydrogen) atoms. The van der Waals surface area contributed by atoms with Gasteiger partial charge >= 0.3 is 39.6 Å². The molecule has 0 aromatic heterocycles. The first-order valence-corrected chi connectivity index (χ1v) is 14.2. The number of nitrogens with zero attached hydrogens (tertiary/aromatic N) is 3. The van der Waals surface area contributed by atoms with E-state index in [-0.39, 0.29) is 19.6 Å². The summed E-state index contributed by atoms with van der Waals surface area (Å²) in [5, 5.41) is 5.76. The third kappa shape index (κ3) is 13.2. The van der Waals surface area contributed by atoms with E-state index in [1.54, 1.807) is 0 Å². The molecule has 1 aliphatic heterocycles. The Morgan fingerprint density at radius 3 is 2.12 bits per heavy atom. The first-order valence-electron chi connectivity index (χ1n) is 12.8. The van der Waals surface area contributed by atoms with E-state index in [2.05, 4.69) is 19.5 Å². The van der Waals surface area contributed by atoms with E-state index in [1.807, 2.05) is 6.92 Å². The summed E-state index contributed by atoms with van der Waals surface area (Å²) in [6.07, 6.45) is -8.91. The molecule has 1 unspecified atom stereocenters. The van der Waals surface area contributed by atoms with Gasteiger partial charge in [0.05, 0.1) is 13.2 Å². The fourth-order valence-corrected chi connectivity index (χ4v) is 4.00. The van der Waals surface area contributed by atoms with Gasteiger partial charge < -0.3 is 33.7 Å². The largest absolute Gasteiger partial charge is 0.523 e. The minimum absolute atomic E-state index is 0.0398. The molecular formula is C22H33F3N4O13S. The average Bonchev–Trinajstić information content (AvgIpc) is 2.87. The van der Waals surface area contributed by atoms with Crippen molar-refractivity contribution in [2.24, 2.45) is 5.11 Å². The number of nitrogens with one attached hydrogen (secondary N) is 1. The Hall–Kier alpha value is -3.39. The van der Waals surface area contributed by atoms with Gasteiger partial charge in [0.25, 0.3) is 0 Å². The number of hydrogen-bond donors (Lipinski definition) is 1. The predicted octanol–water partition coefficient (Wildman–Crippen LogP) is 2.33. The van der Waals surface area contributed by atoms with Crippen molar-refractivity contribution in [3.05, 3.63) is 10.4 Å². The molecule has 0 bridgehead atoms. The van der Waals surface area contributed by atoms with Crippen LogP contribution in [-0.4, -0.2) is 94.6 Å². The summed E-state index contributed by atoms with van der Waals surface area (Å²) in [5.74, 6) is -2.98. The van der Waals surface area contributed by atoms with E-state index < -0.39 is 83.2 Å². The zero-order valence-electron chi connectivity index (χ0n) is 23.6. The second-order valence-corrected chi connectivity index (χ2v) is 10.4. The van der Waals surface area contributed by atoms with Crippen molar-refractivity contribution in [3.8, 4) is 0 Å². The first-order chi connectivity index (χ1) is 20.0. The summed E-state index contributed by atoms with van der Waals surface area (Å²) in [4.78, 5) is 50.0. The molecule has 6 atom stereocenters. The van der Waals surface area contributed by atoms with E-state index in [9.17, 15) is 40.8 Å². The number of carbonyl (C=O) groups is 4. The molecule has 1 saturated heterocycles. The number of halogens is 3. The van der Waals surface area contributed by atoms with Gasteiger partial charge in [0, 0.05) is 32.2 Å². The molecule has 1 heterocycles. The van der Waals surface area contributed by atoms with Crippen LogP contribution >= 0.6 is 0 Å². The third-order valence-corrected chi connectivity index (χ3v) is 6.28. The summed E-state index contributed by atoms with van der Waals surface area (Å²) >= 11 is 0. The van der Waals surface area contributed by atoms with Crippen molar-refractivity contribution in [1.82, 2.24) is 5.32 Å². The van der Waals surface area contributed by atoms with E-state index in [4.69, 9.17) is 34.0 Å². The molecule has 246 valence electrons. The first kappa shape index (κ1) is 37.6. The number of carbonyl (C=O) groups excluding carboxylic acids is 4. The SMILES string of the molecule is CCCCC(N=[N+]=[N-])OC(=O)NCCCO[C@@H]1O[C@H](COS(=O)(=O)C(F)(F)F)[C@H](OC(C)=O)[C@H](OC(C)=O)[C@H]1OC(C)=O. The molecule has 1 N–H and O–H groups in total. The minimum atomic E-state index is -6.12. The van der Waals surface area contributed by atoms with Gasteiger partial charge in [0.15, 0.2) is 30.8 Å². The van der Waals surface area contributed by atoms with Crippen molar-refractivity contribution in [3.63, 3.8) is 0 Å². The zero-order chi connectivity index (χ0) is 32.8. The van der Waals surface area contributed by atoms with E-state index in [1.165, 1.54) is 0 Å². The third-order valence-electron chi connectivity index (χ3n) is 5.27. The quantitative estimate of drug-likeness (QED) is 0.0370. The summed E-state index contributed by atoms with van der Waals surface area (Å²) in [6, 6.07) is 0. The summed E-state index contributed by atoms with van der Waals surface area (Å²) in [7, 11) is -6.12. The lowest BCUT2D eigenvalue weighted by Gasteiger charge is -2.44. The van der Waals surface area contributed by atoms with Crippen LogP contribution in [0.3, 0.4) is 0 Å². The number of amides is 1. The maximum absolute atomic E-state index is 12.8. The van der Waals surface area contributed by atoms with Crippen molar-refractivity contribution >= 4 is 34.1 Å². The second kappa shape index (κ2) is 17.7. The van der Waals surface area contributed by atoms with Gasteiger partial charge in [-0.25, -0.2) is 4.79 Å². The molecule has 0 aromatic rings. The van der Waals surface area contributed by atoms with Crippen LogP contribution in [0, 0.1) is 0 Å². The standard InChI is InChI=1S/C22H33F3N4O13S/c1-5-6-8-16(28-29-26)42-21(33)27-9-7-10-36-20-19(40-14(4)32)18(39-13(3)31)17(38-12(2)30)15(41-20)11-37-43(34,35)22(23,24)25/h15-20H,5-11H2,1-4H3,(H,27,33)/t15-,16?,17+,18+,19-,20-/m1/s1. The lowest BCUT2D eigenvalue weighted by Crippen LogP contribution is -2.63. The topological polar surface area (TPSA) is 228 Å². The number of alkyl carbamates (subject to hydrolysis) is 1. The fraction of sp³-hybridized carbons (Fsp3) is 0.818. The van der Waals surface area contributed by atoms with Gasteiger partial charge in [0.2, 0.25) is 0 Å². The molecule has 1 aliphatic rings. The zero-order valence-corrected chi connectivity index (χ0v) is 24.4. The average molecular weight is 651 g/mol. The van der Waals surface area contributed by atoms with Crippen molar-refractivity contribution in [1.29, 1.82) is 0 Å². The highest BCUT2D eigenvalue weighted by molar-refractivity contribution is 7.87. The number of ether oxygens (including phenoxy) is 6. The van der Waals surface area contributed by atoms with Gasteiger partial charge in [-0.1, -0.05) is 13.3 Å². The Kier molecular flexibility index (Phi) is 15.5. The molecule has 0 aromatic carbocycles. The van der Waals surface area contributed by atoms with Crippen LogP contribution in [0.25, 0.3) is 10.4 Å². The van der Waals surface area contributed by atoms with Crippen molar-refractivity contribution in [2.75, 3.05) is 19.8 Å². The number of esters is 3. The van der Waals surface area contributed by atoms with Gasteiger partial charge in [-0.3, -0.25) is 18.6 Å². The van der Waals surface area contributed by atoms with Crippen molar-refractivity contribution in [2.45, 2.75) is 95.8 Å². The Bertz CT molecular complexity index is 1120. The van der Waals surface area contributed by atoms with Gasteiger partial charge in [-0.2, -0.15) is 21.6 Å². The molecule has 1 amide bonds. The monoisotopic (exact) mass is 650 g/mol. The van der Waals surface area contributed by atoms with Crippen LogP contribution in [-0.2, 0) is 57.1 Å². The van der Waals surface area contributed by atoms with Crippen LogP contribution in [0.4, 0.5) is 18.0 Å². The van der Waals surface area contributed by atoms with Crippen LogP contribution in [0.1, 0.15) is 53.4 Å². The summed E-state index contributed by atoms with van der Waals surface area (Å²) in [5.41, 5.74) is 2.80. The fourth-order valence-electron chi connectivity index (χ4n) is 3.55. The minimum Gasteiger partial charge on any atom is -0.456 e. The Labute approximate surface area is 244 Å². The number of hydrogen-bond acceptors (Lipinski definition) is 14. The van der Waals surface area contributed by atoms with Crippen LogP contribution in [0.5, 0.6) is 0 Å². The molecule has 0 spiro atoms. The Balaban J connectivity index is 3.06.